The maximum Gasteiger partial charge on any atom is 0.161 e. The fraction of sp³-hybridized carbons (Fsp3) is 0.400. The van der Waals surface area contributed by atoms with Gasteiger partial charge in [0.05, 0.1) is 7.11 Å². The van der Waals surface area contributed by atoms with Gasteiger partial charge in [-0.05, 0) is 42.3 Å². The van der Waals surface area contributed by atoms with Crippen LogP contribution in [0.3, 0.4) is 0 Å². The molecule has 4 heteroatoms. The topological polar surface area (TPSA) is 39.7 Å². The monoisotopic (exact) mass is 329 g/mol. The Morgan fingerprint density at radius 3 is 2.29 bits per heavy atom. The maximum absolute atomic E-state index is 5.88. The molecule has 0 radical (unpaired) electrons. The lowest BCUT2D eigenvalue weighted by atomic mass is 10.0. The quantitative estimate of drug-likeness (QED) is 0.706. The molecule has 0 atom stereocenters. The summed E-state index contributed by atoms with van der Waals surface area (Å²) in [6.07, 6.45) is 0. The lowest BCUT2D eigenvalue weighted by Gasteiger charge is -2.15. The first-order valence-electron chi connectivity index (χ1n) is 8.31. The molecule has 0 amide bonds. The van der Waals surface area contributed by atoms with Crippen molar-refractivity contribution in [2.45, 2.75) is 26.3 Å². The van der Waals surface area contributed by atoms with Crippen LogP contribution in [0.4, 0.5) is 0 Å². The molecule has 0 unspecified atom stereocenters. The van der Waals surface area contributed by atoms with Crippen molar-refractivity contribution in [2.24, 2.45) is 0 Å². The normalized spacial score (nSPS) is 10.7. The van der Waals surface area contributed by atoms with Gasteiger partial charge in [0.2, 0.25) is 0 Å². The van der Waals surface area contributed by atoms with Gasteiger partial charge in [0, 0.05) is 6.54 Å². The number of hydrogen-bond donors (Lipinski definition) is 1. The zero-order chi connectivity index (χ0) is 17.4. The first kappa shape index (κ1) is 18.1. The Balaban J connectivity index is 1.91. The van der Waals surface area contributed by atoms with E-state index in [2.05, 4.69) is 25.2 Å². The van der Waals surface area contributed by atoms with E-state index < -0.39 is 0 Å². The van der Waals surface area contributed by atoms with E-state index in [1.165, 1.54) is 5.56 Å². The zero-order valence-electron chi connectivity index (χ0n) is 15.0. The van der Waals surface area contributed by atoms with Crippen molar-refractivity contribution in [2.75, 3.05) is 27.4 Å². The molecule has 0 spiro atoms. The minimum atomic E-state index is 0.432. The molecule has 1 N–H and O–H groups in total. The molecule has 0 heterocycles. The molecule has 0 aliphatic carbocycles. The lowest BCUT2D eigenvalue weighted by molar-refractivity contribution is 0.210. The van der Waals surface area contributed by atoms with Crippen LogP contribution in [0.25, 0.3) is 0 Å². The minimum absolute atomic E-state index is 0.432. The van der Waals surface area contributed by atoms with Crippen molar-refractivity contribution in [3.05, 3.63) is 53.6 Å². The van der Waals surface area contributed by atoms with E-state index in [1.807, 2.05) is 43.4 Å². The summed E-state index contributed by atoms with van der Waals surface area (Å²) in [4.78, 5) is 0. The van der Waals surface area contributed by atoms with Gasteiger partial charge in [0.15, 0.2) is 11.5 Å². The van der Waals surface area contributed by atoms with Gasteiger partial charge in [-0.2, -0.15) is 0 Å². The summed E-state index contributed by atoms with van der Waals surface area (Å²) < 4.78 is 17.1. The zero-order valence-corrected chi connectivity index (χ0v) is 15.0. The highest BCUT2D eigenvalue weighted by Gasteiger charge is 2.08. The lowest BCUT2D eigenvalue weighted by Crippen LogP contribution is -2.11. The van der Waals surface area contributed by atoms with Crippen LogP contribution in [0.2, 0.25) is 0 Å². The van der Waals surface area contributed by atoms with Crippen molar-refractivity contribution in [1.82, 2.24) is 5.32 Å². The van der Waals surface area contributed by atoms with Gasteiger partial charge in [-0.25, -0.2) is 0 Å². The van der Waals surface area contributed by atoms with Gasteiger partial charge in [0.25, 0.3) is 0 Å². The molecule has 0 saturated carbocycles. The van der Waals surface area contributed by atoms with Gasteiger partial charge in [-0.3, -0.25) is 0 Å². The number of methoxy groups -OCH3 is 1. The van der Waals surface area contributed by atoms with E-state index >= 15 is 0 Å². The molecule has 0 aromatic heterocycles. The Hall–Kier alpha value is -2.20. The average Bonchev–Trinajstić information content (AvgIpc) is 2.60. The van der Waals surface area contributed by atoms with Crippen LogP contribution in [0.1, 0.15) is 30.9 Å². The second-order valence-electron chi connectivity index (χ2n) is 5.90. The Morgan fingerprint density at radius 2 is 1.62 bits per heavy atom. The fourth-order valence-electron chi connectivity index (χ4n) is 2.54. The molecule has 2 aromatic carbocycles. The first-order valence-corrected chi connectivity index (χ1v) is 8.31. The second-order valence-corrected chi connectivity index (χ2v) is 5.90. The third-order valence-corrected chi connectivity index (χ3v) is 3.75. The van der Waals surface area contributed by atoms with Crippen molar-refractivity contribution in [1.29, 1.82) is 0 Å². The third-order valence-electron chi connectivity index (χ3n) is 3.75. The maximum atomic E-state index is 5.88. The Labute approximate surface area is 144 Å². The van der Waals surface area contributed by atoms with E-state index in [1.54, 1.807) is 7.11 Å². The average molecular weight is 329 g/mol. The third kappa shape index (κ3) is 4.90. The molecule has 130 valence electrons. The molecular formula is C20H27NO3. The van der Waals surface area contributed by atoms with Crippen molar-refractivity contribution in [3.8, 4) is 17.2 Å². The number of para-hydroxylation sites is 1. The van der Waals surface area contributed by atoms with Crippen LogP contribution in [0, 0.1) is 0 Å². The molecule has 4 nitrogen and oxygen atoms in total. The largest absolute Gasteiger partial charge is 0.493 e. The minimum Gasteiger partial charge on any atom is -0.493 e. The van der Waals surface area contributed by atoms with Gasteiger partial charge < -0.3 is 19.5 Å². The Kier molecular flexibility index (Phi) is 6.94. The van der Waals surface area contributed by atoms with Crippen LogP contribution in [0.5, 0.6) is 17.2 Å². The van der Waals surface area contributed by atoms with E-state index in [-0.39, 0.29) is 0 Å². The first-order chi connectivity index (χ1) is 11.7. The number of rotatable bonds is 9. The van der Waals surface area contributed by atoms with Gasteiger partial charge in [-0.1, -0.05) is 38.1 Å². The van der Waals surface area contributed by atoms with E-state index in [0.29, 0.717) is 19.1 Å². The smallest absolute Gasteiger partial charge is 0.161 e. The number of nitrogens with one attached hydrogen (secondary N) is 1. The predicted molar refractivity (Wildman–Crippen MR) is 97.3 cm³/mol. The van der Waals surface area contributed by atoms with E-state index in [9.17, 15) is 0 Å². The molecule has 2 aromatic rings. The Morgan fingerprint density at radius 1 is 0.917 bits per heavy atom. The van der Waals surface area contributed by atoms with Gasteiger partial charge in [0.1, 0.15) is 19.0 Å². The summed E-state index contributed by atoms with van der Waals surface area (Å²) in [7, 11) is 3.57. The number of hydrogen-bond acceptors (Lipinski definition) is 4. The summed E-state index contributed by atoms with van der Waals surface area (Å²) in [5.74, 6) is 2.83. The summed E-state index contributed by atoms with van der Waals surface area (Å²) >= 11 is 0. The van der Waals surface area contributed by atoms with Crippen molar-refractivity contribution < 1.29 is 14.2 Å². The summed E-state index contributed by atoms with van der Waals surface area (Å²) in [5, 5.41) is 3.12. The van der Waals surface area contributed by atoms with E-state index in [4.69, 9.17) is 14.2 Å². The highest BCUT2D eigenvalue weighted by atomic mass is 16.5. The number of ether oxygens (including phenoxy) is 3. The van der Waals surface area contributed by atoms with Crippen molar-refractivity contribution >= 4 is 0 Å². The fourth-order valence-corrected chi connectivity index (χ4v) is 2.54. The second kappa shape index (κ2) is 9.18. The molecule has 0 fully saturated rings. The molecule has 0 aliphatic heterocycles. The highest BCUT2D eigenvalue weighted by Crippen LogP contribution is 2.28. The SMILES string of the molecule is CNCc1ccc(OCCOc2ccccc2C(C)C)c(OC)c1. The molecular weight excluding hydrogens is 302 g/mol. The standard InChI is InChI=1S/C20H27NO3/c1-15(2)17-7-5-6-8-18(17)23-11-12-24-19-10-9-16(14-21-3)13-20(19)22-4/h5-10,13,15,21H,11-12,14H2,1-4H3. The van der Waals surface area contributed by atoms with Crippen LogP contribution >= 0.6 is 0 Å². The molecule has 0 aliphatic rings. The molecule has 2 rings (SSSR count). The van der Waals surface area contributed by atoms with Crippen molar-refractivity contribution in [3.63, 3.8) is 0 Å². The summed E-state index contributed by atoms with van der Waals surface area (Å²) in [5.41, 5.74) is 2.37. The van der Waals surface area contributed by atoms with Gasteiger partial charge >= 0.3 is 0 Å². The van der Waals surface area contributed by atoms with Crippen LogP contribution in [-0.4, -0.2) is 27.4 Å². The van der Waals surface area contributed by atoms with Gasteiger partial charge in [-0.15, -0.1) is 0 Å². The highest BCUT2D eigenvalue weighted by molar-refractivity contribution is 5.43. The van der Waals surface area contributed by atoms with Crippen LogP contribution < -0.4 is 19.5 Å². The predicted octanol–water partition coefficient (Wildman–Crippen LogP) is 4.00. The summed E-state index contributed by atoms with van der Waals surface area (Å²) in [6.45, 7) is 6.08. The van der Waals surface area contributed by atoms with E-state index in [0.717, 1.165) is 29.4 Å². The summed E-state index contributed by atoms with van der Waals surface area (Å²) in [6, 6.07) is 14.1. The molecule has 24 heavy (non-hydrogen) atoms. The Bertz CT molecular complexity index is 641. The molecule has 0 bridgehead atoms. The molecule has 0 saturated heterocycles. The van der Waals surface area contributed by atoms with Crippen LogP contribution in [0.15, 0.2) is 42.5 Å². The number of benzene rings is 2. The van der Waals surface area contributed by atoms with Crippen LogP contribution in [-0.2, 0) is 6.54 Å².